The molecule has 0 aromatic carbocycles. The Morgan fingerprint density at radius 1 is 1.47 bits per heavy atom. The zero-order valence-electron chi connectivity index (χ0n) is 9.74. The monoisotopic (exact) mass is 226 g/mol. The molecule has 0 saturated carbocycles. The smallest absolute Gasteiger partial charge is 0.267 e. The Balaban J connectivity index is 3.40. The van der Waals surface area contributed by atoms with E-state index in [9.17, 15) is 4.79 Å². The largest absolute Gasteiger partial charge is 0.270 e. The van der Waals surface area contributed by atoms with Gasteiger partial charge in [0.2, 0.25) is 0 Å². The fourth-order valence-corrected chi connectivity index (χ4v) is 1.52. The number of nitrogens with zero attached hydrogens (tertiary/aromatic N) is 2. The van der Waals surface area contributed by atoms with Crippen LogP contribution in [0.3, 0.4) is 0 Å². The summed E-state index contributed by atoms with van der Waals surface area (Å²) in [7, 11) is 0. The van der Waals surface area contributed by atoms with Gasteiger partial charge in [0.05, 0.1) is 5.69 Å². The molecule has 3 nitrogen and oxygen atoms in total. The number of rotatable bonds is 2. The zero-order valence-corrected chi connectivity index (χ0v) is 10.6. The Bertz CT molecular complexity index is 376. The third-order valence-corrected chi connectivity index (χ3v) is 2.63. The van der Waals surface area contributed by atoms with E-state index in [1.807, 2.05) is 13.0 Å². The molecule has 0 N–H and O–H groups in total. The summed E-state index contributed by atoms with van der Waals surface area (Å²) in [4.78, 5) is 11.8. The van der Waals surface area contributed by atoms with Gasteiger partial charge < -0.3 is 0 Å². The Morgan fingerprint density at radius 3 is 2.47 bits per heavy atom. The van der Waals surface area contributed by atoms with Crippen LogP contribution in [-0.2, 0) is 17.7 Å². The first kappa shape index (κ1) is 12.3. The van der Waals surface area contributed by atoms with Crippen molar-refractivity contribution >= 4 is 12.6 Å². The second-order valence-electron chi connectivity index (χ2n) is 4.58. The van der Waals surface area contributed by atoms with E-state index in [1.165, 1.54) is 4.68 Å². The lowest BCUT2D eigenvalue weighted by atomic mass is 9.91. The maximum Gasteiger partial charge on any atom is 0.270 e. The molecule has 1 aromatic rings. The van der Waals surface area contributed by atoms with Crippen LogP contribution >= 0.6 is 12.6 Å². The average Bonchev–Trinajstić information content (AvgIpc) is 2.16. The minimum absolute atomic E-state index is 0.0273. The maximum absolute atomic E-state index is 11.8. The van der Waals surface area contributed by atoms with Crippen LogP contribution in [0.4, 0.5) is 0 Å². The molecule has 15 heavy (non-hydrogen) atoms. The summed E-state index contributed by atoms with van der Waals surface area (Å²) in [6.45, 7) is 8.78. The molecule has 0 aliphatic rings. The lowest BCUT2D eigenvalue weighted by molar-refractivity contribution is 0.508. The molecule has 1 heterocycles. The molecule has 0 fully saturated rings. The lowest BCUT2D eigenvalue weighted by Crippen LogP contribution is -2.29. The predicted octanol–water partition coefficient (Wildman–Crippen LogP) is 1.99. The molecule has 0 amide bonds. The van der Waals surface area contributed by atoms with Gasteiger partial charge in [-0.3, -0.25) is 4.79 Å². The second-order valence-corrected chi connectivity index (χ2v) is 4.90. The molecule has 0 bridgehead atoms. The van der Waals surface area contributed by atoms with Gasteiger partial charge in [-0.05, 0) is 13.0 Å². The molecule has 0 aliphatic heterocycles. The van der Waals surface area contributed by atoms with Crippen molar-refractivity contribution in [3.63, 3.8) is 0 Å². The van der Waals surface area contributed by atoms with Gasteiger partial charge in [0.1, 0.15) is 0 Å². The standard InChI is InChI=1S/C11H18N2OS/c1-5-13-10(14)8(7-15)6-9(12-13)11(2,3)4/h6,15H,5,7H2,1-4H3. The summed E-state index contributed by atoms with van der Waals surface area (Å²) in [6, 6.07) is 1.86. The number of aryl methyl sites for hydroxylation is 1. The van der Waals surface area contributed by atoms with Crippen LogP contribution in [0.25, 0.3) is 0 Å². The predicted molar refractivity (Wildman–Crippen MR) is 65.6 cm³/mol. The summed E-state index contributed by atoms with van der Waals surface area (Å²) in [6.07, 6.45) is 0. The topological polar surface area (TPSA) is 34.9 Å². The van der Waals surface area contributed by atoms with Crippen molar-refractivity contribution < 1.29 is 0 Å². The van der Waals surface area contributed by atoms with Crippen molar-refractivity contribution in [2.24, 2.45) is 0 Å². The minimum Gasteiger partial charge on any atom is -0.267 e. The van der Waals surface area contributed by atoms with E-state index in [1.54, 1.807) is 0 Å². The van der Waals surface area contributed by atoms with Gasteiger partial charge in [-0.25, -0.2) is 4.68 Å². The molecule has 4 heteroatoms. The molecule has 0 aliphatic carbocycles. The summed E-state index contributed by atoms with van der Waals surface area (Å²) < 4.78 is 1.51. The van der Waals surface area contributed by atoms with Gasteiger partial charge in [-0.1, -0.05) is 20.8 Å². The van der Waals surface area contributed by atoms with Crippen LogP contribution in [0.5, 0.6) is 0 Å². The van der Waals surface area contributed by atoms with E-state index >= 15 is 0 Å². The highest BCUT2D eigenvalue weighted by Crippen LogP contribution is 2.19. The Morgan fingerprint density at radius 2 is 2.07 bits per heavy atom. The first-order chi connectivity index (χ1) is 6.90. The van der Waals surface area contributed by atoms with Crippen molar-refractivity contribution in [3.8, 4) is 0 Å². The second kappa shape index (κ2) is 4.39. The van der Waals surface area contributed by atoms with E-state index < -0.39 is 0 Å². The van der Waals surface area contributed by atoms with E-state index in [2.05, 4.69) is 38.5 Å². The first-order valence-corrected chi connectivity index (χ1v) is 5.75. The Kier molecular flexibility index (Phi) is 3.60. The third kappa shape index (κ3) is 2.62. The van der Waals surface area contributed by atoms with Crippen molar-refractivity contribution in [3.05, 3.63) is 27.7 Å². The summed E-state index contributed by atoms with van der Waals surface area (Å²) in [5.41, 5.74) is 1.59. The fraction of sp³-hybridized carbons (Fsp3) is 0.636. The van der Waals surface area contributed by atoms with Crippen molar-refractivity contribution in [1.29, 1.82) is 0 Å². The fourth-order valence-electron chi connectivity index (χ4n) is 1.29. The third-order valence-electron chi connectivity index (χ3n) is 2.29. The molecule has 0 atom stereocenters. The molecule has 84 valence electrons. The van der Waals surface area contributed by atoms with Gasteiger partial charge in [0.25, 0.3) is 5.56 Å². The van der Waals surface area contributed by atoms with E-state index in [0.29, 0.717) is 12.3 Å². The highest BCUT2D eigenvalue weighted by atomic mass is 32.1. The van der Waals surface area contributed by atoms with Gasteiger partial charge in [0.15, 0.2) is 0 Å². The maximum atomic E-state index is 11.8. The van der Waals surface area contributed by atoms with Gasteiger partial charge in [-0.15, -0.1) is 0 Å². The van der Waals surface area contributed by atoms with Crippen LogP contribution in [0, 0.1) is 0 Å². The van der Waals surface area contributed by atoms with Gasteiger partial charge in [0, 0.05) is 23.3 Å². The van der Waals surface area contributed by atoms with E-state index in [-0.39, 0.29) is 11.0 Å². The van der Waals surface area contributed by atoms with Crippen molar-refractivity contribution in [2.45, 2.75) is 45.4 Å². The van der Waals surface area contributed by atoms with Crippen LogP contribution in [0.15, 0.2) is 10.9 Å². The zero-order chi connectivity index (χ0) is 11.6. The normalized spacial score (nSPS) is 11.8. The highest BCUT2D eigenvalue weighted by Gasteiger charge is 2.18. The van der Waals surface area contributed by atoms with E-state index in [4.69, 9.17) is 0 Å². The van der Waals surface area contributed by atoms with Crippen LogP contribution in [0.1, 0.15) is 39.0 Å². The number of aromatic nitrogens is 2. The van der Waals surface area contributed by atoms with Gasteiger partial charge in [-0.2, -0.15) is 17.7 Å². The Labute approximate surface area is 95.9 Å². The van der Waals surface area contributed by atoms with Crippen molar-refractivity contribution in [1.82, 2.24) is 9.78 Å². The Hall–Kier alpha value is -0.770. The summed E-state index contributed by atoms with van der Waals surface area (Å²) >= 11 is 4.17. The van der Waals surface area contributed by atoms with E-state index in [0.717, 1.165) is 11.3 Å². The molecule has 0 unspecified atom stereocenters. The summed E-state index contributed by atoms with van der Waals surface area (Å²) in [5, 5.41) is 4.34. The quantitative estimate of drug-likeness (QED) is 0.783. The molecular weight excluding hydrogens is 208 g/mol. The number of hydrogen-bond donors (Lipinski definition) is 1. The van der Waals surface area contributed by atoms with Crippen LogP contribution in [-0.4, -0.2) is 9.78 Å². The van der Waals surface area contributed by atoms with Gasteiger partial charge >= 0.3 is 0 Å². The average molecular weight is 226 g/mol. The highest BCUT2D eigenvalue weighted by molar-refractivity contribution is 7.79. The SMILES string of the molecule is CCn1nc(C(C)(C)C)cc(CS)c1=O. The number of hydrogen-bond acceptors (Lipinski definition) is 3. The summed E-state index contributed by atoms with van der Waals surface area (Å²) in [5.74, 6) is 0.463. The molecule has 0 spiro atoms. The molecule has 1 rings (SSSR count). The molecule has 1 aromatic heterocycles. The molecular formula is C11H18N2OS. The molecule has 0 radical (unpaired) electrons. The molecule has 0 saturated heterocycles. The number of thiol groups is 1. The van der Waals surface area contributed by atoms with Crippen molar-refractivity contribution in [2.75, 3.05) is 0 Å². The minimum atomic E-state index is -0.0394. The lowest BCUT2D eigenvalue weighted by Gasteiger charge is -2.19. The first-order valence-electron chi connectivity index (χ1n) is 5.12. The van der Waals surface area contributed by atoms with Crippen LogP contribution < -0.4 is 5.56 Å². The van der Waals surface area contributed by atoms with Crippen LogP contribution in [0.2, 0.25) is 0 Å².